The third-order valence-corrected chi connectivity index (χ3v) is 7.52. The Hall–Kier alpha value is -2.37. The minimum absolute atomic E-state index is 0.0181. The van der Waals surface area contributed by atoms with Crippen molar-refractivity contribution in [1.82, 2.24) is 0 Å². The number of ether oxygens (including phenoxy) is 2. The normalized spacial score (nSPS) is 28.6. The van der Waals surface area contributed by atoms with E-state index >= 15 is 0 Å². The zero-order chi connectivity index (χ0) is 25.3. The lowest BCUT2D eigenvalue weighted by atomic mass is 9.85. The van der Waals surface area contributed by atoms with Crippen LogP contribution in [0.1, 0.15) is 83.2 Å². The largest absolute Gasteiger partial charge is 0.469 e. The molecule has 1 aromatic heterocycles. The van der Waals surface area contributed by atoms with Crippen LogP contribution in [0, 0.1) is 36.5 Å². The average molecular weight is 475 g/mol. The molecule has 0 N–H and O–H groups in total. The number of carbonyl (C=O) groups is 3. The number of furan rings is 1. The first-order valence-corrected chi connectivity index (χ1v) is 12.6. The Morgan fingerprint density at radius 3 is 2.26 bits per heavy atom. The van der Waals surface area contributed by atoms with Crippen LogP contribution >= 0.6 is 0 Å². The summed E-state index contributed by atoms with van der Waals surface area (Å²) in [4.78, 5) is 34.8. The Balaban J connectivity index is 0.000000242. The summed E-state index contributed by atoms with van der Waals surface area (Å²) in [5.74, 6) is 3.12. The molecule has 2 aliphatic carbocycles. The lowest BCUT2D eigenvalue weighted by Gasteiger charge is -2.20. The fourth-order valence-corrected chi connectivity index (χ4v) is 5.51. The number of allylic oxidation sites excluding steroid dienone is 2. The second-order valence-electron chi connectivity index (χ2n) is 9.89. The molecule has 0 amide bonds. The monoisotopic (exact) mass is 474 g/mol. The van der Waals surface area contributed by atoms with Gasteiger partial charge < -0.3 is 13.9 Å². The molecule has 0 spiro atoms. The molecule has 2 saturated carbocycles. The van der Waals surface area contributed by atoms with Crippen LogP contribution in [-0.2, 0) is 23.9 Å². The van der Waals surface area contributed by atoms with Gasteiger partial charge in [-0.1, -0.05) is 39.3 Å². The molecule has 0 saturated heterocycles. The second-order valence-corrected chi connectivity index (χ2v) is 9.89. The molecule has 1 heterocycles. The Morgan fingerprint density at radius 2 is 1.68 bits per heavy atom. The Kier molecular flexibility index (Phi) is 11.1. The van der Waals surface area contributed by atoms with Gasteiger partial charge in [-0.15, -0.1) is 0 Å². The van der Waals surface area contributed by atoms with Gasteiger partial charge in [0.25, 0.3) is 0 Å². The van der Waals surface area contributed by atoms with Crippen molar-refractivity contribution in [2.24, 2.45) is 29.6 Å². The van der Waals surface area contributed by atoms with Crippen molar-refractivity contribution in [3.05, 3.63) is 35.8 Å². The van der Waals surface area contributed by atoms with Crippen molar-refractivity contribution >= 4 is 17.7 Å². The first-order chi connectivity index (χ1) is 16.2. The summed E-state index contributed by atoms with van der Waals surface area (Å²) in [7, 11) is 2.85. The van der Waals surface area contributed by atoms with E-state index < -0.39 is 0 Å². The van der Waals surface area contributed by atoms with Gasteiger partial charge in [0, 0.05) is 19.3 Å². The van der Waals surface area contributed by atoms with E-state index in [0.29, 0.717) is 30.4 Å². The topological polar surface area (TPSA) is 82.8 Å². The lowest BCUT2D eigenvalue weighted by Crippen LogP contribution is -2.19. The van der Waals surface area contributed by atoms with Crippen molar-refractivity contribution < 1.29 is 28.3 Å². The molecule has 190 valence electrons. The lowest BCUT2D eigenvalue weighted by molar-refractivity contribution is -0.143. The van der Waals surface area contributed by atoms with Gasteiger partial charge in [0.2, 0.25) is 0 Å². The van der Waals surface area contributed by atoms with Crippen molar-refractivity contribution in [1.29, 1.82) is 0 Å². The molecule has 1 aromatic rings. The highest BCUT2D eigenvalue weighted by atomic mass is 16.5. The summed E-state index contributed by atoms with van der Waals surface area (Å²) < 4.78 is 15.0. The van der Waals surface area contributed by atoms with Crippen LogP contribution < -0.4 is 0 Å². The Bertz CT molecular complexity index is 838. The maximum Gasteiger partial charge on any atom is 0.305 e. The minimum atomic E-state index is -0.298. The van der Waals surface area contributed by atoms with Crippen molar-refractivity contribution in [3.63, 3.8) is 0 Å². The average Bonchev–Trinajstić information content (AvgIpc) is 3.46. The summed E-state index contributed by atoms with van der Waals surface area (Å²) in [5.41, 5.74) is 0. The van der Waals surface area contributed by atoms with E-state index in [1.165, 1.54) is 27.1 Å². The van der Waals surface area contributed by atoms with Gasteiger partial charge in [-0.3, -0.25) is 14.4 Å². The van der Waals surface area contributed by atoms with Crippen LogP contribution in [0.15, 0.2) is 28.7 Å². The first kappa shape index (κ1) is 27.9. The van der Waals surface area contributed by atoms with E-state index in [4.69, 9.17) is 13.9 Å². The third-order valence-electron chi connectivity index (χ3n) is 7.52. The smallest absolute Gasteiger partial charge is 0.305 e. The molecule has 6 unspecified atom stereocenters. The molecule has 2 aliphatic rings. The number of ketones is 1. The van der Waals surface area contributed by atoms with Crippen molar-refractivity contribution in [3.8, 4) is 0 Å². The molecule has 0 bridgehead atoms. The maximum absolute atomic E-state index is 12.1. The molecule has 6 nitrogen and oxygen atoms in total. The van der Waals surface area contributed by atoms with Crippen LogP contribution in [-0.4, -0.2) is 31.9 Å². The van der Waals surface area contributed by atoms with E-state index in [0.717, 1.165) is 24.5 Å². The number of hydrogen-bond donors (Lipinski definition) is 0. The highest BCUT2D eigenvalue weighted by molar-refractivity contribution is 5.89. The van der Waals surface area contributed by atoms with E-state index in [2.05, 4.69) is 26.0 Å². The first-order valence-electron chi connectivity index (χ1n) is 12.6. The van der Waals surface area contributed by atoms with Gasteiger partial charge in [0.05, 0.1) is 20.1 Å². The summed E-state index contributed by atoms with van der Waals surface area (Å²) in [6.45, 7) is 8.31. The van der Waals surface area contributed by atoms with E-state index in [-0.39, 0.29) is 41.9 Å². The van der Waals surface area contributed by atoms with Gasteiger partial charge in [-0.05, 0) is 67.9 Å². The molecule has 0 aromatic carbocycles. The van der Waals surface area contributed by atoms with Crippen LogP contribution in [0.3, 0.4) is 0 Å². The third kappa shape index (κ3) is 7.57. The van der Waals surface area contributed by atoms with Crippen molar-refractivity contribution in [2.45, 2.75) is 78.6 Å². The maximum atomic E-state index is 12.1. The summed E-state index contributed by atoms with van der Waals surface area (Å²) in [5, 5.41) is 0. The summed E-state index contributed by atoms with van der Waals surface area (Å²) in [6.07, 6.45) is 10.5. The number of hydrogen-bond acceptors (Lipinski definition) is 6. The molecule has 6 heteroatoms. The fraction of sp³-hybridized carbons (Fsp3) is 0.679. The van der Waals surface area contributed by atoms with Gasteiger partial charge in [-0.25, -0.2) is 0 Å². The summed E-state index contributed by atoms with van der Waals surface area (Å²) >= 11 is 0. The minimum Gasteiger partial charge on any atom is -0.469 e. The van der Waals surface area contributed by atoms with Crippen LogP contribution in [0.2, 0.25) is 0 Å². The number of aryl methyl sites for hydroxylation is 1. The van der Waals surface area contributed by atoms with Crippen LogP contribution in [0.25, 0.3) is 0 Å². The van der Waals surface area contributed by atoms with Gasteiger partial charge in [0.1, 0.15) is 17.3 Å². The van der Waals surface area contributed by atoms with Gasteiger partial charge in [0.15, 0.2) is 0 Å². The molecule has 3 rings (SSSR count). The zero-order valence-corrected chi connectivity index (χ0v) is 21.7. The number of carbonyl (C=O) groups excluding carboxylic acids is 3. The molecular formula is C28H42O6. The molecule has 0 radical (unpaired) electrons. The zero-order valence-electron chi connectivity index (χ0n) is 21.7. The predicted octanol–water partition coefficient (Wildman–Crippen LogP) is 6.03. The quantitative estimate of drug-likeness (QED) is 0.338. The van der Waals surface area contributed by atoms with Crippen LogP contribution in [0.4, 0.5) is 0 Å². The number of methoxy groups -OCH3 is 2. The molecule has 0 aliphatic heterocycles. The highest BCUT2D eigenvalue weighted by Crippen LogP contribution is 2.43. The Labute approximate surface area is 204 Å². The summed E-state index contributed by atoms with van der Waals surface area (Å²) in [6, 6.07) is 3.68. The van der Waals surface area contributed by atoms with E-state index in [1.807, 2.05) is 26.0 Å². The van der Waals surface area contributed by atoms with Gasteiger partial charge >= 0.3 is 11.9 Å². The second kappa shape index (κ2) is 13.5. The highest BCUT2D eigenvalue weighted by Gasteiger charge is 2.43. The number of Topliss-reactive ketones (excluding diaryl/α,β-unsaturated/α-hetero) is 1. The van der Waals surface area contributed by atoms with E-state index in [9.17, 15) is 14.4 Å². The SMILES string of the molecule is CC/C=C/CC1C(C)CCC1CC(=O)OC.COC(=O)CC1C(C)CC(=O)C1c1ccc(C)o1. The van der Waals surface area contributed by atoms with Crippen LogP contribution in [0.5, 0.6) is 0 Å². The number of rotatable bonds is 8. The molecule has 34 heavy (non-hydrogen) atoms. The fourth-order valence-electron chi connectivity index (χ4n) is 5.51. The molecule has 6 atom stereocenters. The Morgan fingerprint density at radius 1 is 1.00 bits per heavy atom. The van der Waals surface area contributed by atoms with Gasteiger partial charge in [-0.2, -0.15) is 0 Å². The predicted molar refractivity (Wildman–Crippen MR) is 131 cm³/mol. The molecule has 2 fully saturated rings. The van der Waals surface area contributed by atoms with E-state index in [1.54, 1.807) is 0 Å². The van der Waals surface area contributed by atoms with Crippen molar-refractivity contribution in [2.75, 3.05) is 14.2 Å². The standard InChI is InChI=1S/C14H18O4.C14H24O2/c1-8-6-11(15)14(10(8)7-13(16)17-3)12-5-4-9(2)18-12;1-4-5-6-7-13-11(2)8-9-12(13)10-14(15)16-3/h4-5,8,10,14H,6-7H2,1-3H3;5-6,11-13H,4,7-10H2,1-3H3/b;6-5+. The number of esters is 2. The molecular weight excluding hydrogens is 432 g/mol.